The molecule has 3 aromatic rings. The molecule has 2 heterocycles. The van der Waals surface area contributed by atoms with Gasteiger partial charge in [-0.2, -0.15) is 4.57 Å². The van der Waals surface area contributed by atoms with E-state index < -0.39 is 0 Å². The van der Waals surface area contributed by atoms with E-state index in [1.54, 1.807) is 4.57 Å². The van der Waals surface area contributed by atoms with Crippen molar-refractivity contribution in [3.8, 4) is 0 Å². The molecule has 3 rings (SSSR count). The van der Waals surface area contributed by atoms with Crippen molar-refractivity contribution in [2.45, 2.75) is 20.3 Å². The highest BCUT2D eigenvalue weighted by atomic mass is 32.1. The molecule has 0 amide bonds. The van der Waals surface area contributed by atoms with Crippen LogP contribution in [0.25, 0.3) is 11.5 Å². The molecule has 0 bridgehead atoms. The van der Waals surface area contributed by atoms with Gasteiger partial charge in [-0.1, -0.05) is 43.4 Å². The minimum absolute atomic E-state index is 0.0814. The lowest BCUT2D eigenvalue weighted by molar-refractivity contribution is -0.578. The van der Waals surface area contributed by atoms with Gasteiger partial charge in [0.25, 0.3) is 0 Å². The van der Waals surface area contributed by atoms with Crippen LogP contribution >= 0.6 is 23.6 Å². The topological polar surface area (TPSA) is 39.0 Å². The molecule has 0 aliphatic rings. The molecule has 0 saturated carbocycles. The molecular weight excluding hydrogens is 360 g/mol. The number of hydrogen-bond acceptors (Lipinski definition) is 3. The van der Waals surface area contributed by atoms with Crippen LogP contribution in [0.15, 0.2) is 66.3 Å². The highest BCUT2D eigenvalue weighted by molar-refractivity contribution is 7.81. The monoisotopic (exact) mass is 380 g/mol. The number of thiophene rings is 1. The minimum Gasteiger partial charge on any atom is -0.867 e. The van der Waals surface area contributed by atoms with Gasteiger partial charge < -0.3 is 10.4 Å². The predicted molar refractivity (Wildman–Crippen MR) is 111 cm³/mol. The molecule has 0 aliphatic carbocycles. The van der Waals surface area contributed by atoms with E-state index in [0.717, 1.165) is 23.2 Å². The van der Waals surface area contributed by atoms with Gasteiger partial charge in [0, 0.05) is 22.2 Å². The summed E-state index contributed by atoms with van der Waals surface area (Å²) in [6, 6.07) is 15.6. The van der Waals surface area contributed by atoms with Crippen molar-refractivity contribution in [3.05, 3.63) is 82.3 Å². The van der Waals surface area contributed by atoms with Gasteiger partial charge in [0.1, 0.15) is 0 Å². The smallest absolute Gasteiger partial charge is 0.239 e. The molecule has 0 atom stereocenters. The molecule has 3 nitrogen and oxygen atoms in total. The highest BCUT2D eigenvalue weighted by Crippen LogP contribution is 2.22. The summed E-state index contributed by atoms with van der Waals surface area (Å²) < 4.78 is 1.81. The number of anilines is 1. The van der Waals surface area contributed by atoms with Crippen molar-refractivity contribution in [3.63, 3.8) is 0 Å². The van der Waals surface area contributed by atoms with Crippen LogP contribution in [0.1, 0.15) is 22.9 Å². The lowest BCUT2D eigenvalue weighted by Gasteiger charge is -2.17. The number of nitrogens with zero attached hydrogens (tertiary/aromatic N) is 1. The van der Waals surface area contributed by atoms with Crippen LogP contribution in [-0.4, -0.2) is 4.99 Å². The second-order valence-corrected chi connectivity index (χ2v) is 7.26. The fourth-order valence-corrected chi connectivity index (χ4v) is 3.70. The fraction of sp³-hybridized carbons (Fsp3) is 0.143. The molecule has 2 aromatic heterocycles. The largest absolute Gasteiger partial charge is 0.867 e. The molecule has 1 aromatic carbocycles. The number of para-hydroxylation sites is 1. The molecular formula is C21H20N2OS2. The second kappa shape index (κ2) is 8.25. The molecule has 5 heteroatoms. The first kappa shape index (κ1) is 18.3. The number of aryl methyl sites for hydroxylation is 2. The van der Waals surface area contributed by atoms with Crippen LogP contribution in [0.4, 0.5) is 5.69 Å². The molecule has 0 spiro atoms. The van der Waals surface area contributed by atoms with E-state index in [2.05, 4.69) is 18.3 Å². The third-order valence-corrected chi connectivity index (χ3v) is 5.19. The van der Waals surface area contributed by atoms with Crippen LogP contribution in [0.3, 0.4) is 0 Å². The van der Waals surface area contributed by atoms with Gasteiger partial charge in [0.15, 0.2) is 17.4 Å². The summed E-state index contributed by atoms with van der Waals surface area (Å²) in [5.74, 6) is -0.0814. The Hall–Kier alpha value is -2.50. The van der Waals surface area contributed by atoms with Crippen molar-refractivity contribution in [2.75, 3.05) is 5.32 Å². The van der Waals surface area contributed by atoms with Crippen LogP contribution in [0.5, 0.6) is 0 Å². The van der Waals surface area contributed by atoms with E-state index in [4.69, 9.17) is 12.2 Å². The van der Waals surface area contributed by atoms with E-state index in [1.165, 1.54) is 11.3 Å². The summed E-state index contributed by atoms with van der Waals surface area (Å²) in [5.41, 5.74) is 3.61. The first-order chi connectivity index (χ1) is 12.6. The van der Waals surface area contributed by atoms with Crippen LogP contribution in [0.2, 0.25) is 0 Å². The molecule has 0 aliphatic heterocycles. The summed E-state index contributed by atoms with van der Waals surface area (Å²) in [6.07, 6.45) is 4.66. The van der Waals surface area contributed by atoms with Crippen LogP contribution in [-0.2, 0) is 6.42 Å². The zero-order valence-corrected chi connectivity index (χ0v) is 16.4. The summed E-state index contributed by atoms with van der Waals surface area (Å²) in [4.78, 5) is 1.09. The Morgan fingerprint density at radius 3 is 2.65 bits per heavy atom. The Labute approximate surface area is 163 Å². The molecule has 132 valence electrons. The average molecular weight is 381 g/mol. The number of thiocarbonyl (C=S) groups is 1. The molecule has 1 N–H and O–H groups in total. The normalized spacial score (nSPS) is 11.8. The number of hydrogen-bond donors (Lipinski definition) is 1. The van der Waals surface area contributed by atoms with Gasteiger partial charge in [0.2, 0.25) is 5.70 Å². The van der Waals surface area contributed by atoms with Gasteiger partial charge in [-0.05, 0) is 48.2 Å². The molecule has 0 fully saturated rings. The van der Waals surface area contributed by atoms with Gasteiger partial charge in [0.05, 0.1) is 0 Å². The lowest BCUT2D eigenvalue weighted by Crippen LogP contribution is -2.40. The summed E-state index contributed by atoms with van der Waals surface area (Å²) in [6.45, 7) is 4.09. The van der Waals surface area contributed by atoms with Crippen LogP contribution in [0, 0.1) is 6.92 Å². The van der Waals surface area contributed by atoms with Gasteiger partial charge >= 0.3 is 0 Å². The van der Waals surface area contributed by atoms with Crippen molar-refractivity contribution in [1.29, 1.82) is 0 Å². The van der Waals surface area contributed by atoms with E-state index in [0.29, 0.717) is 15.6 Å². The predicted octanol–water partition coefficient (Wildman–Crippen LogP) is 4.03. The summed E-state index contributed by atoms with van der Waals surface area (Å²) in [5, 5.41) is 18.3. The average Bonchev–Trinajstić information content (AvgIpc) is 3.17. The van der Waals surface area contributed by atoms with Crippen molar-refractivity contribution < 1.29 is 9.67 Å². The van der Waals surface area contributed by atoms with E-state index in [1.807, 2.05) is 67.2 Å². The first-order valence-corrected chi connectivity index (χ1v) is 9.71. The maximum Gasteiger partial charge on any atom is 0.239 e. The number of nitrogens with one attached hydrogen (secondary N) is 1. The Balaban J connectivity index is 2.06. The molecule has 26 heavy (non-hydrogen) atoms. The van der Waals surface area contributed by atoms with Gasteiger partial charge in [-0.15, -0.1) is 11.3 Å². The quantitative estimate of drug-likeness (QED) is 0.314. The van der Waals surface area contributed by atoms with Crippen molar-refractivity contribution >= 4 is 45.7 Å². The SMILES string of the molecule is CCc1ccccc1NC(=S)C(=C([O-])c1cccs1)[n+]1cccc(C)c1. The van der Waals surface area contributed by atoms with Gasteiger partial charge in [-0.25, -0.2) is 0 Å². The maximum absolute atomic E-state index is 13.1. The van der Waals surface area contributed by atoms with Crippen LogP contribution < -0.4 is 15.0 Å². The standard InChI is InChI=1S/C21H20N2OS2/c1-3-16-9-4-5-10-17(16)22-21(25)19(20(24)18-11-7-13-26-18)23-12-6-8-15(2)14-23/h4-14H,3H2,1-2H3,(H-,22,24,25). The zero-order chi connectivity index (χ0) is 18.5. The second-order valence-electron chi connectivity index (χ2n) is 5.91. The van der Waals surface area contributed by atoms with E-state index in [9.17, 15) is 5.11 Å². The zero-order valence-electron chi connectivity index (χ0n) is 14.7. The number of rotatable bonds is 5. The highest BCUT2D eigenvalue weighted by Gasteiger charge is 2.20. The van der Waals surface area contributed by atoms with Crippen molar-refractivity contribution in [2.24, 2.45) is 0 Å². The Morgan fingerprint density at radius 2 is 1.96 bits per heavy atom. The Morgan fingerprint density at radius 1 is 1.15 bits per heavy atom. The molecule has 0 saturated heterocycles. The Kier molecular flexibility index (Phi) is 5.81. The third kappa shape index (κ3) is 4.00. The lowest BCUT2D eigenvalue weighted by atomic mass is 10.1. The number of benzene rings is 1. The fourth-order valence-electron chi connectivity index (χ4n) is 2.73. The number of aromatic nitrogens is 1. The maximum atomic E-state index is 13.1. The minimum atomic E-state index is -0.0814. The Bertz CT molecular complexity index is 946. The first-order valence-electron chi connectivity index (χ1n) is 8.43. The molecule has 0 radical (unpaired) electrons. The number of pyridine rings is 1. The summed E-state index contributed by atoms with van der Waals surface area (Å²) >= 11 is 7.07. The molecule has 0 unspecified atom stereocenters. The third-order valence-electron chi connectivity index (χ3n) is 4.03. The van der Waals surface area contributed by atoms with Crippen molar-refractivity contribution in [1.82, 2.24) is 0 Å². The summed E-state index contributed by atoms with van der Waals surface area (Å²) in [7, 11) is 0. The van der Waals surface area contributed by atoms with E-state index >= 15 is 0 Å². The van der Waals surface area contributed by atoms with Gasteiger partial charge in [-0.3, -0.25) is 0 Å². The van der Waals surface area contributed by atoms with E-state index in [-0.39, 0.29) is 5.76 Å².